The molecule has 0 heterocycles. The van der Waals surface area contributed by atoms with Gasteiger partial charge in [0.2, 0.25) is 0 Å². The first kappa shape index (κ1) is 6.69. The highest BCUT2D eigenvalue weighted by Gasteiger charge is 2.40. The first-order chi connectivity index (χ1) is 4.77. The molecule has 0 aromatic heterocycles. The zero-order chi connectivity index (χ0) is 7.14. The van der Waals surface area contributed by atoms with Crippen LogP contribution in [0.25, 0.3) is 0 Å². The Morgan fingerprint density at radius 3 is 2.20 bits per heavy atom. The van der Waals surface area contributed by atoms with Crippen molar-refractivity contribution in [3.63, 3.8) is 0 Å². The minimum absolute atomic E-state index is 0.954. The fraction of sp³-hybridized carbons (Fsp3) is 1.00. The van der Waals surface area contributed by atoms with E-state index < -0.39 is 0 Å². The molecule has 0 aromatic carbocycles. The Hall–Kier alpha value is 0. The summed E-state index contributed by atoms with van der Waals surface area (Å²) in [6.07, 6.45) is 6.23. The maximum atomic E-state index is 2.39. The molecule has 2 fully saturated rings. The van der Waals surface area contributed by atoms with Gasteiger partial charge in [-0.15, -0.1) is 0 Å². The van der Waals surface area contributed by atoms with Crippen LogP contribution in [-0.4, -0.2) is 0 Å². The van der Waals surface area contributed by atoms with Gasteiger partial charge in [-0.1, -0.05) is 20.3 Å². The number of hydrogen-bond donors (Lipinski definition) is 0. The second-order valence-electron chi connectivity index (χ2n) is 4.58. The normalized spacial score (nSPS) is 45.3. The van der Waals surface area contributed by atoms with Crippen LogP contribution in [0.15, 0.2) is 0 Å². The van der Waals surface area contributed by atoms with Gasteiger partial charge in [0, 0.05) is 0 Å². The van der Waals surface area contributed by atoms with Gasteiger partial charge in [-0.3, -0.25) is 0 Å². The summed E-state index contributed by atoms with van der Waals surface area (Å²) in [5.41, 5.74) is 0. The lowest BCUT2D eigenvalue weighted by atomic mass is 9.81. The van der Waals surface area contributed by atoms with Crippen LogP contribution >= 0.6 is 0 Å². The maximum absolute atomic E-state index is 2.39. The monoisotopic (exact) mass is 138 g/mol. The highest BCUT2D eigenvalue weighted by Crippen LogP contribution is 2.50. The van der Waals surface area contributed by atoms with E-state index in [-0.39, 0.29) is 0 Å². The first-order valence-electron chi connectivity index (χ1n) is 4.77. The van der Waals surface area contributed by atoms with Crippen molar-refractivity contribution in [3.8, 4) is 0 Å². The van der Waals surface area contributed by atoms with Crippen molar-refractivity contribution in [2.45, 2.75) is 39.5 Å². The van der Waals surface area contributed by atoms with Gasteiger partial charge in [0.1, 0.15) is 0 Å². The van der Waals surface area contributed by atoms with Gasteiger partial charge < -0.3 is 0 Å². The van der Waals surface area contributed by atoms with Crippen LogP contribution in [0.4, 0.5) is 0 Å². The van der Waals surface area contributed by atoms with E-state index in [2.05, 4.69) is 13.8 Å². The Kier molecular flexibility index (Phi) is 1.51. The average Bonchev–Trinajstić information content (AvgIpc) is 2.44. The Morgan fingerprint density at radius 1 is 1.10 bits per heavy atom. The largest absolute Gasteiger partial charge is 0.0625 e. The standard InChI is InChI=1S/C10H18/c1-7(2)10-6-8-3-4-9(10)5-8/h7-10H,3-6H2,1-2H3/t8-,9?,10+/m1/s1. The molecule has 0 heteroatoms. The third-order valence-electron chi connectivity index (χ3n) is 3.65. The summed E-state index contributed by atoms with van der Waals surface area (Å²) >= 11 is 0. The molecular weight excluding hydrogens is 120 g/mol. The fourth-order valence-corrected chi connectivity index (χ4v) is 3.11. The summed E-state index contributed by atoms with van der Waals surface area (Å²) < 4.78 is 0. The summed E-state index contributed by atoms with van der Waals surface area (Å²) in [6, 6.07) is 0. The van der Waals surface area contributed by atoms with Crippen molar-refractivity contribution in [3.05, 3.63) is 0 Å². The van der Waals surface area contributed by atoms with Crippen molar-refractivity contribution in [2.24, 2.45) is 23.7 Å². The molecule has 0 aliphatic heterocycles. The highest BCUT2D eigenvalue weighted by atomic mass is 14.5. The summed E-state index contributed by atoms with van der Waals surface area (Å²) in [6.45, 7) is 4.79. The molecule has 2 bridgehead atoms. The lowest BCUT2D eigenvalue weighted by molar-refractivity contribution is 0.256. The molecule has 2 saturated carbocycles. The molecule has 0 saturated heterocycles. The second-order valence-corrected chi connectivity index (χ2v) is 4.58. The van der Waals surface area contributed by atoms with E-state index in [9.17, 15) is 0 Å². The quantitative estimate of drug-likeness (QED) is 0.522. The summed E-state index contributed by atoms with van der Waals surface area (Å²) in [5, 5.41) is 0. The second kappa shape index (κ2) is 2.25. The predicted octanol–water partition coefficient (Wildman–Crippen LogP) is 3.08. The van der Waals surface area contributed by atoms with Gasteiger partial charge in [-0.25, -0.2) is 0 Å². The van der Waals surface area contributed by atoms with Crippen molar-refractivity contribution in [2.75, 3.05) is 0 Å². The van der Waals surface area contributed by atoms with Crippen LogP contribution < -0.4 is 0 Å². The molecule has 0 aromatic rings. The minimum Gasteiger partial charge on any atom is -0.0625 e. The van der Waals surface area contributed by atoms with Crippen LogP contribution in [0, 0.1) is 23.7 Å². The topological polar surface area (TPSA) is 0 Å². The molecule has 58 valence electrons. The summed E-state index contributed by atoms with van der Waals surface area (Å²) in [4.78, 5) is 0. The molecule has 0 spiro atoms. The van der Waals surface area contributed by atoms with E-state index in [4.69, 9.17) is 0 Å². The van der Waals surface area contributed by atoms with Gasteiger partial charge in [0.05, 0.1) is 0 Å². The van der Waals surface area contributed by atoms with Gasteiger partial charge in [-0.2, -0.15) is 0 Å². The lowest BCUT2D eigenvalue weighted by Gasteiger charge is -2.24. The zero-order valence-corrected chi connectivity index (χ0v) is 7.14. The number of rotatable bonds is 1. The van der Waals surface area contributed by atoms with E-state index in [1.165, 1.54) is 0 Å². The minimum atomic E-state index is 0.954. The van der Waals surface area contributed by atoms with Crippen LogP contribution in [-0.2, 0) is 0 Å². The van der Waals surface area contributed by atoms with Gasteiger partial charge >= 0.3 is 0 Å². The van der Waals surface area contributed by atoms with E-state index in [0.717, 1.165) is 23.7 Å². The average molecular weight is 138 g/mol. The van der Waals surface area contributed by atoms with Crippen LogP contribution in [0.5, 0.6) is 0 Å². The van der Waals surface area contributed by atoms with Crippen molar-refractivity contribution in [1.29, 1.82) is 0 Å². The Morgan fingerprint density at radius 2 is 1.90 bits per heavy atom. The Labute approximate surface area is 64.0 Å². The Balaban J connectivity index is 2.02. The highest BCUT2D eigenvalue weighted by molar-refractivity contribution is 4.90. The first-order valence-corrected chi connectivity index (χ1v) is 4.77. The van der Waals surface area contributed by atoms with E-state index in [1.54, 1.807) is 25.7 Å². The van der Waals surface area contributed by atoms with Gasteiger partial charge in [0.15, 0.2) is 0 Å². The molecule has 0 N–H and O–H groups in total. The molecule has 0 amide bonds. The van der Waals surface area contributed by atoms with Gasteiger partial charge in [0.25, 0.3) is 0 Å². The molecule has 0 radical (unpaired) electrons. The summed E-state index contributed by atoms with van der Waals surface area (Å²) in [7, 11) is 0. The molecule has 1 unspecified atom stereocenters. The fourth-order valence-electron chi connectivity index (χ4n) is 3.11. The van der Waals surface area contributed by atoms with Crippen molar-refractivity contribution < 1.29 is 0 Å². The van der Waals surface area contributed by atoms with Crippen LogP contribution in [0.1, 0.15) is 39.5 Å². The van der Waals surface area contributed by atoms with Crippen LogP contribution in [0.2, 0.25) is 0 Å². The van der Waals surface area contributed by atoms with E-state index in [1.807, 2.05) is 0 Å². The van der Waals surface area contributed by atoms with E-state index in [0.29, 0.717) is 0 Å². The molecule has 2 aliphatic carbocycles. The third-order valence-corrected chi connectivity index (χ3v) is 3.65. The molecule has 10 heavy (non-hydrogen) atoms. The maximum Gasteiger partial charge on any atom is -0.0360 e. The number of fused-ring (bicyclic) bond motifs is 2. The van der Waals surface area contributed by atoms with Crippen molar-refractivity contribution in [1.82, 2.24) is 0 Å². The van der Waals surface area contributed by atoms with E-state index >= 15 is 0 Å². The molecule has 2 rings (SSSR count). The Bertz CT molecular complexity index is 126. The van der Waals surface area contributed by atoms with Crippen molar-refractivity contribution >= 4 is 0 Å². The summed E-state index contributed by atoms with van der Waals surface area (Å²) in [5.74, 6) is 4.32. The SMILES string of the molecule is CC(C)[C@@H]1C[C@@H]2CCC1C2. The molecule has 3 atom stereocenters. The predicted molar refractivity (Wildman–Crippen MR) is 43.8 cm³/mol. The molecule has 0 nitrogen and oxygen atoms in total. The van der Waals surface area contributed by atoms with Crippen LogP contribution in [0.3, 0.4) is 0 Å². The zero-order valence-electron chi connectivity index (χ0n) is 7.14. The lowest BCUT2D eigenvalue weighted by Crippen LogP contribution is -2.15. The smallest absolute Gasteiger partial charge is 0.0360 e. The molecular formula is C10H18. The number of hydrogen-bond acceptors (Lipinski definition) is 0. The molecule has 2 aliphatic rings. The van der Waals surface area contributed by atoms with Gasteiger partial charge in [-0.05, 0) is 42.9 Å². The third kappa shape index (κ3) is 0.889.